The minimum Gasteiger partial charge on any atom is -0.255 e. The van der Waals surface area contributed by atoms with Crippen LogP contribution in [0.2, 0.25) is 0 Å². The van der Waals surface area contributed by atoms with E-state index in [1.165, 1.54) is 0 Å². The van der Waals surface area contributed by atoms with Crippen molar-refractivity contribution in [3.63, 3.8) is 0 Å². The number of rotatable bonds is 3. The summed E-state index contributed by atoms with van der Waals surface area (Å²) >= 11 is 13.9. The second-order valence-electron chi connectivity index (χ2n) is 3.55. The fourth-order valence-corrected chi connectivity index (χ4v) is 2.58. The predicted molar refractivity (Wildman–Crippen MR) is 88.7 cm³/mol. The highest BCUT2D eigenvalue weighted by Crippen LogP contribution is 2.33. The Morgan fingerprint density at radius 3 is 1.44 bits per heavy atom. The standard InChI is InChI=1S/C12H8Br4N2/c13-11(14)7-1-3-17-9(5-7)10-6-8(12(15)16)2-4-18-10/h1-6,11-12H. The van der Waals surface area contributed by atoms with Crippen LogP contribution in [0.3, 0.4) is 0 Å². The Balaban J connectivity index is 2.42. The maximum absolute atomic E-state index is 4.36. The van der Waals surface area contributed by atoms with Gasteiger partial charge in [0, 0.05) is 12.4 Å². The van der Waals surface area contributed by atoms with E-state index in [2.05, 4.69) is 73.7 Å². The number of pyridine rings is 2. The first-order chi connectivity index (χ1) is 8.58. The smallest absolute Gasteiger partial charge is 0.0947 e. The molecule has 0 aromatic carbocycles. The molecule has 94 valence electrons. The van der Waals surface area contributed by atoms with E-state index >= 15 is 0 Å². The van der Waals surface area contributed by atoms with E-state index in [4.69, 9.17) is 0 Å². The quantitative estimate of drug-likeness (QED) is 0.505. The normalized spacial score (nSPS) is 11.2. The van der Waals surface area contributed by atoms with E-state index in [1.807, 2.05) is 24.3 Å². The van der Waals surface area contributed by atoms with Gasteiger partial charge >= 0.3 is 0 Å². The van der Waals surface area contributed by atoms with E-state index in [0.717, 1.165) is 22.5 Å². The van der Waals surface area contributed by atoms with Crippen LogP contribution in [-0.4, -0.2) is 9.97 Å². The third kappa shape index (κ3) is 3.62. The van der Waals surface area contributed by atoms with Gasteiger partial charge in [0.05, 0.1) is 18.9 Å². The molecule has 2 aromatic rings. The van der Waals surface area contributed by atoms with Gasteiger partial charge in [-0.25, -0.2) is 0 Å². The Morgan fingerprint density at radius 1 is 0.722 bits per heavy atom. The van der Waals surface area contributed by atoms with Crippen molar-refractivity contribution >= 4 is 63.7 Å². The lowest BCUT2D eigenvalue weighted by Crippen LogP contribution is -1.91. The largest absolute Gasteiger partial charge is 0.255 e. The van der Waals surface area contributed by atoms with E-state index in [-0.39, 0.29) is 7.47 Å². The summed E-state index contributed by atoms with van der Waals surface area (Å²) in [5.41, 5.74) is 3.95. The lowest BCUT2D eigenvalue weighted by Gasteiger charge is -2.07. The second kappa shape index (κ2) is 6.59. The molecule has 0 aliphatic heterocycles. The van der Waals surface area contributed by atoms with Crippen molar-refractivity contribution in [3.8, 4) is 11.4 Å². The third-order valence-electron chi connectivity index (χ3n) is 2.33. The third-order valence-corrected chi connectivity index (χ3v) is 4.45. The van der Waals surface area contributed by atoms with Gasteiger partial charge in [-0.05, 0) is 35.4 Å². The summed E-state index contributed by atoms with van der Waals surface area (Å²) in [6.45, 7) is 0. The zero-order valence-corrected chi connectivity index (χ0v) is 15.4. The molecule has 0 bridgehead atoms. The van der Waals surface area contributed by atoms with Gasteiger partial charge in [0.15, 0.2) is 0 Å². The first-order valence-electron chi connectivity index (χ1n) is 5.06. The summed E-state index contributed by atoms with van der Waals surface area (Å²) in [5, 5.41) is 0. The molecule has 0 amide bonds. The highest BCUT2D eigenvalue weighted by Gasteiger charge is 2.09. The molecule has 0 radical (unpaired) electrons. The zero-order chi connectivity index (χ0) is 13.1. The molecule has 2 heterocycles. The Kier molecular flexibility index (Phi) is 5.35. The van der Waals surface area contributed by atoms with Crippen LogP contribution < -0.4 is 0 Å². The highest BCUT2D eigenvalue weighted by atomic mass is 79.9. The SMILES string of the molecule is BrC(Br)c1ccnc(-c2cc(C(Br)Br)ccn2)c1. The van der Waals surface area contributed by atoms with Crippen molar-refractivity contribution in [1.29, 1.82) is 0 Å². The van der Waals surface area contributed by atoms with Crippen molar-refractivity contribution in [2.45, 2.75) is 7.47 Å². The maximum Gasteiger partial charge on any atom is 0.0947 e. The monoisotopic (exact) mass is 496 g/mol. The van der Waals surface area contributed by atoms with Gasteiger partial charge in [0.25, 0.3) is 0 Å². The van der Waals surface area contributed by atoms with Gasteiger partial charge in [-0.2, -0.15) is 0 Å². The summed E-state index contributed by atoms with van der Waals surface area (Å²) in [6.07, 6.45) is 3.57. The number of nitrogens with zero attached hydrogens (tertiary/aromatic N) is 2. The Bertz CT molecular complexity index is 494. The van der Waals surface area contributed by atoms with Gasteiger partial charge in [0.1, 0.15) is 0 Å². The summed E-state index contributed by atoms with van der Waals surface area (Å²) in [6, 6.07) is 7.94. The summed E-state index contributed by atoms with van der Waals surface area (Å²) in [5.74, 6) is 0. The molecule has 2 rings (SSSR count). The number of hydrogen-bond donors (Lipinski definition) is 0. The van der Waals surface area contributed by atoms with E-state index in [9.17, 15) is 0 Å². The minimum atomic E-state index is 0.120. The van der Waals surface area contributed by atoms with Gasteiger partial charge < -0.3 is 0 Å². The molecule has 6 heteroatoms. The number of alkyl halides is 4. The Hall–Kier alpha value is 0.220. The molecule has 0 fully saturated rings. The molecule has 0 aliphatic rings. The Morgan fingerprint density at radius 2 is 1.11 bits per heavy atom. The first-order valence-corrected chi connectivity index (χ1v) is 8.73. The van der Waals surface area contributed by atoms with Crippen LogP contribution in [0.5, 0.6) is 0 Å². The maximum atomic E-state index is 4.36. The fourth-order valence-electron chi connectivity index (χ4n) is 1.45. The predicted octanol–water partition coefficient (Wildman–Crippen LogP) is 5.72. The van der Waals surface area contributed by atoms with Crippen molar-refractivity contribution in [3.05, 3.63) is 47.8 Å². The number of halogens is 4. The lowest BCUT2D eigenvalue weighted by molar-refractivity contribution is 1.21. The first kappa shape index (κ1) is 14.6. The van der Waals surface area contributed by atoms with Crippen LogP contribution in [0.4, 0.5) is 0 Å². The molecule has 0 aliphatic carbocycles. The van der Waals surface area contributed by atoms with Gasteiger partial charge in [-0.3, -0.25) is 9.97 Å². The van der Waals surface area contributed by atoms with Crippen molar-refractivity contribution < 1.29 is 0 Å². The minimum absolute atomic E-state index is 0.120. The summed E-state index contributed by atoms with van der Waals surface area (Å²) in [4.78, 5) is 8.72. The van der Waals surface area contributed by atoms with E-state index in [0.29, 0.717) is 0 Å². The molecular weight excluding hydrogens is 492 g/mol. The Labute approximate surface area is 139 Å². The average molecular weight is 500 g/mol. The molecular formula is C12H8Br4N2. The van der Waals surface area contributed by atoms with Crippen LogP contribution in [0.1, 0.15) is 18.6 Å². The zero-order valence-electron chi connectivity index (χ0n) is 9.03. The molecule has 0 atom stereocenters. The van der Waals surface area contributed by atoms with Crippen LogP contribution in [-0.2, 0) is 0 Å². The molecule has 2 aromatic heterocycles. The highest BCUT2D eigenvalue weighted by molar-refractivity contribution is 9.24. The molecule has 18 heavy (non-hydrogen) atoms. The van der Waals surface area contributed by atoms with Gasteiger partial charge in [-0.1, -0.05) is 63.7 Å². The van der Waals surface area contributed by atoms with E-state index < -0.39 is 0 Å². The summed E-state index contributed by atoms with van der Waals surface area (Å²) < 4.78 is 0.241. The topological polar surface area (TPSA) is 25.8 Å². The van der Waals surface area contributed by atoms with Gasteiger partial charge in [-0.15, -0.1) is 0 Å². The summed E-state index contributed by atoms with van der Waals surface area (Å²) in [7, 11) is 0. The lowest BCUT2D eigenvalue weighted by atomic mass is 10.1. The molecule has 0 N–H and O–H groups in total. The molecule has 0 unspecified atom stereocenters. The van der Waals surface area contributed by atoms with Crippen LogP contribution in [0.15, 0.2) is 36.7 Å². The van der Waals surface area contributed by atoms with Crippen LogP contribution in [0.25, 0.3) is 11.4 Å². The molecule has 0 saturated heterocycles. The van der Waals surface area contributed by atoms with Crippen LogP contribution >= 0.6 is 63.7 Å². The number of hydrogen-bond acceptors (Lipinski definition) is 2. The van der Waals surface area contributed by atoms with Crippen molar-refractivity contribution in [1.82, 2.24) is 9.97 Å². The fraction of sp³-hybridized carbons (Fsp3) is 0.167. The number of aromatic nitrogens is 2. The van der Waals surface area contributed by atoms with E-state index in [1.54, 1.807) is 12.4 Å². The van der Waals surface area contributed by atoms with Crippen molar-refractivity contribution in [2.75, 3.05) is 0 Å². The molecule has 2 nitrogen and oxygen atoms in total. The second-order valence-corrected chi connectivity index (χ2v) is 9.67. The average Bonchev–Trinajstić information content (AvgIpc) is 2.39. The van der Waals surface area contributed by atoms with Gasteiger partial charge in [0.2, 0.25) is 0 Å². The molecule has 0 saturated carbocycles. The van der Waals surface area contributed by atoms with Crippen LogP contribution in [0, 0.1) is 0 Å². The molecule has 0 spiro atoms. The van der Waals surface area contributed by atoms with Crippen molar-refractivity contribution in [2.24, 2.45) is 0 Å².